The molecule has 0 bridgehead atoms. The Hall–Kier alpha value is -1.89. The van der Waals surface area contributed by atoms with Crippen molar-refractivity contribution in [2.24, 2.45) is 0 Å². The number of rotatable bonds is 54. The molecule has 0 radical (unpaired) electrons. The SMILES string of the molecule is CCCCCCCCCCC/C=C\C/C=C\CCCCCCCCCCCCCCCCCCC(O)C(=O)NC(COC1OC(CO)C(O)C(O)C1O)C(O)/C=C/CC/C=C/CCCCCCCCCCCCC. The van der Waals surface area contributed by atoms with Crippen molar-refractivity contribution in [1.82, 2.24) is 5.32 Å². The minimum Gasteiger partial charge on any atom is -0.394 e. The lowest BCUT2D eigenvalue weighted by atomic mass is 9.99. The summed E-state index contributed by atoms with van der Waals surface area (Å²) in [5, 5.41) is 65.1. The maximum atomic E-state index is 13.1. The van der Waals surface area contributed by atoms with Crippen LogP contribution in [-0.4, -0.2) is 98.7 Å². The van der Waals surface area contributed by atoms with E-state index in [-0.39, 0.29) is 6.61 Å². The summed E-state index contributed by atoms with van der Waals surface area (Å²) in [5.41, 5.74) is 0. The van der Waals surface area contributed by atoms with E-state index in [0.717, 1.165) is 38.5 Å². The van der Waals surface area contributed by atoms with Crippen LogP contribution in [0.4, 0.5) is 0 Å². The maximum absolute atomic E-state index is 13.1. The maximum Gasteiger partial charge on any atom is 0.249 e. The molecule has 1 fully saturated rings. The summed E-state index contributed by atoms with van der Waals surface area (Å²) in [7, 11) is 0. The second-order valence-corrected chi connectivity index (χ2v) is 22.0. The average Bonchev–Trinajstić information content (AvgIpc) is 3.40. The number of hydrogen-bond donors (Lipinski definition) is 7. The number of unbranched alkanes of at least 4 members (excludes halogenated alkanes) is 37. The van der Waals surface area contributed by atoms with Gasteiger partial charge in [0.2, 0.25) is 5.91 Å². The number of hydrogen-bond acceptors (Lipinski definition) is 9. The monoisotopic (exact) mass is 1050 g/mol. The molecule has 0 aliphatic carbocycles. The van der Waals surface area contributed by atoms with Crippen LogP contribution in [0.1, 0.15) is 290 Å². The third kappa shape index (κ3) is 41.2. The van der Waals surface area contributed by atoms with E-state index in [1.54, 1.807) is 6.08 Å². The van der Waals surface area contributed by atoms with Gasteiger partial charge in [-0.15, -0.1) is 0 Å². The molecule has 0 spiro atoms. The highest BCUT2D eigenvalue weighted by atomic mass is 16.7. The molecule has 1 amide bonds. The minimum atomic E-state index is -1.62. The van der Waals surface area contributed by atoms with Crippen LogP contribution >= 0.6 is 0 Å². The van der Waals surface area contributed by atoms with Gasteiger partial charge in [0.1, 0.15) is 30.5 Å². The smallest absolute Gasteiger partial charge is 0.249 e. The van der Waals surface area contributed by atoms with E-state index in [1.807, 2.05) is 6.08 Å². The van der Waals surface area contributed by atoms with Gasteiger partial charge in [0.05, 0.1) is 25.4 Å². The van der Waals surface area contributed by atoms with Crippen molar-refractivity contribution in [3.63, 3.8) is 0 Å². The molecular formula is C64H119NO9. The molecule has 0 aromatic carbocycles. The molecule has 1 aliphatic rings. The van der Waals surface area contributed by atoms with Crippen molar-refractivity contribution in [3.8, 4) is 0 Å². The van der Waals surface area contributed by atoms with E-state index in [9.17, 15) is 35.4 Å². The Balaban J connectivity index is 2.19. The zero-order chi connectivity index (χ0) is 53.8. The van der Waals surface area contributed by atoms with E-state index < -0.39 is 61.5 Å². The van der Waals surface area contributed by atoms with Crippen LogP contribution in [0.3, 0.4) is 0 Å². The Morgan fingerprint density at radius 3 is 1.26 bits per heavy atom. The second kappa shape index (κ2) is 53.1. The summed E-state index contributed by atoms with van der Waals surface area (Å²) in [4.78, 5) is 13.1. The van der Waals surface area contributed by atoms with Crippen molar-refractivity contribution >= 4 is 5.91 Å². The van der Waals surface area contributed by atoms with Gasteiger partial charge in [-0.05, 0) is 64.2 Å². The van der Waals surface area contributed by atoms with Gasteiger partial charge < -0.3 is 45.4 Å². The van der Waals surface area contributed by atoms with Crippen LogP contribution in [0.25, 0.3) is 0 Å². The number of nitrogens with one attached hydrogen (secondary N) is 1. The molecule has 10 nitrogen and oxygen atoms in total. The molecule has 8 atom stereocenters. The van der Waals surface area contributed by atoms with E-state index in [1.165, 1.54) is 218 Å². The molecule has 1 aliphatic heterocycles. The first-order valence-corrected chi connectivity index (χ1v) is 31.5. The summed E-state index contributed by atoms with van der Waals surface area (Å²) >= 11 is 0. The fraction of sp³-hybridized carbons (Fsp3) is 0.859. The molecule has 1 rings (SSSR count). The van der Waals surface area contributed by atoms with Gasteiger partial charge in [-0.1, -0.05) is 274 Å². The molecule has 8 unspecified atom stereocenters. The number of allylic oxidation sites excluding steroid dienone is 7. The van der Waals surface area contributed by atoms with E-state index in [4.69, 9.17) is 9.47 Å². The molecule has 10 heteroatoms. The Kier molecular flexibility index (Phi) is 50.3. The van der Waals surface area contributed by atoms with Crippen molar-refractivity contribution < 1.29 is 44.9 Å². The first-order valence-electron chi connectivity index (χ1n) is 31.5. The predicted octanol–water partition coefficient (Wildman–Crippen LogP) is 15.0. The highest BCUT2D eigenvalue weighted by molar-refractivity contribution is 5.80. The van der Waals surface area contributed by atoms with Crippen LogP contribution in [0.5, 0.6) is 0 Å². The Bertz CT molecular complexity index is 1320. The zero-order valence-corrected chi connectivity index (χ0v) is 48.0. The lowest BCUT2D eigenvalue weighted by molar-refractivity contribution is -0.302. The predicted molar refractivity (Wildman–Crippen MR) is 310 cm³/mol. The van der Waals surface area contributed by atoms with Crippen molar-refractivity contribution in [1.29, 1.82) is 0 Å². The lowest BCUT2D eigenvalue weighted by Gasteiger charge is -2.40. The van der Waals surface area contributed by atoms with Gasteiger partial charge in [-0.2, -0.15) is 0 Å². The summed E-state index contributed by atoms with van der Waals surface area (Å²) in [6, 6.07) is -0.998. The van der Waals surface area contributed by atoms with Crippen LogP contribution in [0.15, 0.2) is 48.6 Å². The molecular weight excluding hydrogens is 927 g/mol. The van der Waals surface area contributed by atoms with E-state index in [2.05, 4.69) is 55.6 Å². The third-order valence-corrected chi connectivity index (χ3v) is 15.0. The van der Waals surface area contributed by atoms with Gasteiger partial charge in [0.25, 0.3) is 0 Å². The minimum absolute atomic E-state index is 0.304. The average molecular weight is 1050 g/mol. The van der Waals surface area contributed by atoms with Gasteiger partial charge in [0.15, 0.2) is 6.29 Å². The first-order chi connectivity index (χ1) is 36.3. The number of aliphatic hydroxyl groups is 6. The molecule has 0 aromatic heterocycles. The van der Waals surface area contributed by atoms with E-state index in [0.29, 0.717) is 19.3 Å². The third-order valence-electron chi connectivity index (χ3n) is 15.0. The largest absolute Gasteiger partial charge is 0.394 e. The Labute approximate surface area is 455 Å². The van der Waals surface area contributed by atoms with Crippen molar-refractivity contribution in [2.45, 2.75) is 339 Å². The molecule has 434 valence electrons. The number of ether oxygens (including phenoxy) is 2. The van der Waals surface area contributed by atoms with E-state index >= 15 is 0 Å². The highest BCUT2D eigenvalue weighted by Gasteiger charge is 2.44. The summed E-state index contributed by atoms with van der Waals surface area (Å²) in [6.45, 7) is 3.62. The molecule has 1 heterocycles. The number of amides is 1. The van der Waals surface area contributed by atoms with Crippen LogP contribution < -0.4 is 5.32 Å². The first kappa shape index (κ1) is 70.1. The van der Waals surface area contributed by atoms with Crippen LogP contribution in [-0.2, 0) is 14.3 Å². The summed E-state index contributed by atoms with van der Waals surface area (Å²) in [6.07, 6.45) is 60.9. The fourth-order valence-corrected chi connectivity index (χ4v) is 9.92. The standard InChI is InChI=1S/C64H119NO9/c1-3-5-7-9-11-13-15-17-19-21-22-23-24-25-26-27-28-29-30-31-32-33-34-35-37-39-41-43-45-47-49-51-53-58(68)63(72)65-56(55-73-64-62(71)61(70)60(69)59(54-66)74-64)57(67)52-50-48-46-44-42-40-38-36-20-18-16-14-12-10-8-6-4-2/h22-23,25-26,42,44,50,52,56-62,64,66-71H,3-21,24,27-41,43,45-49,51,53-55H2,1-2H3,(H,65,72)/b23-22-,26-25-,44-42+,52-50+. The summed E-state index contributed by atoms with van der Waals surface area (Å²) in [5.74, 6) is -0.623. The van der Waals surface area contributed by atoms with Crippen LogP contribution in [0, 0.1) is 0 Å². The van der Waals surface area contributed by atoms with Gasteiger partial charge in [0, 0.05) is 0 Å². The van der Waals surface area contributed by atoms with Gasteiger partial charge >= 0.3 is 0 Å². The van der Waals surface area contributed by atoms with Gasteiger partial charge in [-0.3, -0.25) is 4.79 Å². The molecule has 74 heavy (non-hydrogen) atoms. The van der Waals surface area contributed by atoms with Crippen LogP contribution in [0.2, 0.25) is 0 Å². The summed E-state index contributed by atoms with van der Waals surface area (Å²) < 4.78 is 11.2. The van der Waals surface area contributed by atoms with Crippen molar-refractivity contribution in [3.05, 3.63) is 48.6 Å². The number of carbonyl (C=O) groups is 1. The van der Waals surface area contributed by atoms with Gasteiger partial charge in [-0.25, -0.2) is 0 Å². The highest BCUT2D eigenvalue weighted by Crippen LogP contribution is 2.23. The topological polar surface area (TPSA) is 169 Å². The lowest BCUT2D eigenvalue weighted by Crippen LogP contribution is -2.60. The van der Waals surface area contributed by atoms with Crippen molar-refractivity contribution in [2.75, 3.05) is 13.2 Å². The fourth-order valence-electron chi connectivity index (χ4n) is 9.92. The molecule has 7 N–H and O–H groups in total. The number of aliphatic hydroxyl groups excluding tert-OH is 6. The zero-order valence-electron chi connectivity index (χ0n) is 48.0. The molecule has 0 aromatic rings. The normalized spacial score (nSPS) is 19.7. The Morgan fingerprint density at radius 1 is 0.473 bits per heavy atom. The second-order valence-electron chi connectivity index (χ2n) is 22.0. The molecule has 0 saturated carbocycles. The number of carbonyl (C=O) groups excluding carboxylic acids is 1. The quantitative estimate of drug-likeness (QED) is 0.0232. The molecule has 1 saturated heterocycles. The Morgan fingerprint density at radius 2 is 0.838 bits per heavy atom.